The second-order valence-electron chi connectivity index (χ2n) is 5.74. The van der Waals surface area contributed by atoms with Crippen LogP contribution in [0.15, 0.2) is 53.3 Å². The summed E-state index contributed by atoms with van der Waals surface area (Å²) in [6.07, 6.45) is 5.85. The Morgan fingerprint density at radius 2 is 1.86 bits per heavy atom. The van der Waals surface area contributed by atoms with Gasteiger partial charge in [0, 0.05) is 42.1 Å². The number of hydrogen-bond acceptors (Lipinski definition) is 3. The van der Waals surface area contributed by atoms with E-state index < -0.39 is 5.60 Å². The predicted octanol–water partition coefficient (Wildman–Crippen LogP) is 3.42. The average molecular weight is 347 g/mol. The molecule has 0 bridgehead atoms. The first kappa shape index (κ1) is 14.5. The number of nitrogens with zero attached hydrogens (tertiary/aromatic N) is 2. The molecule has 0 unspecified atom stereocenters. The summed E-state index contributed by atoms with van der Waals surface area (Å²) in [4.78, 5) is 6.52. The normalized spacial score (nSPS) is 17.7. The highest BCUT2D eigenvalue weighted by atomic mass is 79.9. The molecule has 0 saturated carbocycles. The highest BCUT2D eigenvalue weighted by Gasteiger charge is 2.32. The van der Waals surface area contributed by atoms with Crippen molar-refractivity contribution in [2.45, 2.75) is 24.9 Å². The molecule has 3 rings (SSSR count). The van der Waals surface area contributed by atoms with Crippen LogP contribution in [0.25, 0.3) is 0 Å². The molecular weight excluding hydrogens is 328 g/mol. The molecule has 0 spiro atoms. The molecule has 21 heavy (non-hydrogen) atoms. The number of para-hydroxylation sites is 1. The fourth-order valence-electron chi connectivity index (χ4n) is 2.93. The minimum atomic E-state index is -0.617. The van der Waals surface area contributed by atoms with E-state index in [0.717, 1.165) is 36.0 Å². The van der Waals surface area contributed by atoms with E-state index in [4.69, 9.17) is 0 Å². The summed E-state index contributed by atoms with van der Waals surface area (Å²) in [6, 6.07) is 12.4. The molecule has 1 aromatic carbocycles. The quantitative estimate of drug-likeness (QED) is 0.924. The maximum absolute atomic E-state index is 10.8. The van der Waals surface area contributed by atoms with Gasteiger partial charge in [0.2, 0.25) is 0 Å². The first-order valence-electron chi connectivity index (χ1n) is 7.26. The summed E-state index contributed by atoms with van der Waals surface area (Å²) in [5.74, 6) is 0. The molecule has 110 valence electrons. The Kier molecular flexibility index (Phi) is 4.27. The van der Waals surface area contributed by atoms with Gasteiger partial charge in [-0.05, 0) is 52.5 Å². The number of rotatable bonds is 3. The van der Waals surface area contributed by atoms with Gasteiger partial charge in [-0.25, -0.2) is 0 Å². The lowest BCUT2D eigenvalue weighted by molar-refractivity contribution is 0.0165. The van der Waals surface area contributed by atoms with Crippen LogP contribution >= 0.6 is 15.9 Å². The Hall–Kier alpha value is -1.39. The van der Waals surface area contributed by atoms with Crippen molar-refractivity contribution >= 4 is 21.6 Å². The smallest absolute Gasteiger partial charge is 0.0722 e. The zero-order valence-corrected chi connectivity index (χ0v) is 13.5. The molecule has 0 amide bonds. The third-order valence-corrected chi connectivity index (χ3v) is 4.54. The van der Waals surface area contributed by atoms with E-state index >= 15 is 0 Å². The van der Waals surface area contributed by atoms with Crippen molar-refractivity contribution < 1.29 is 5.11 Å². The Bertz CT molecular complexity index is 595. The maximum Gasteiger partial charge on any atom is 0.0722 e. The first-order valence-corrected chi connectivity index (χ1v) is 8.06. The van der Waals surface area contributed by atoms with Gasteiger partial charge >= 0.3 is 0 Å². The van der Waals surface area contributed by atoms with Gasteiger partial charge in [0.1, 0.15) is 0 Å². The van der Waals surface area contributed by atoms with E-state index in [2.05, 4.69) is 50.1 Å². The van der Waals surface area contributed by atoms with Crippen LogP contribution in [0.4, 0.5) is 5.69 Å². The van der Waals surface area contributed by atoms with Gasteiger partial charge in [0.25, 0.3) is 0 Å². The van der Waals surface area contributed by atoms with Crippen molar-refractivity contribution in [2.75, 3.05) is 18.0 Å². The Morgan fingerprint density at radius 1 is 1.14 bits per heavy atom. The summed E-state index contributed by atoms with van der Waals surface area (Å²) in [5.41, 5.74) is 1.71. The lowest BCUT2D eigenvalue weighted by atomic mass is 9.85. The molecule has 0 aliphatic carbocycles. The monoisotopic (exact) mass is 346 g/mol. The molecule has 2 heterocycles. The number of benzene rings is 1. The number of anilines is 1. The van der Waals surface area contributed by atoms with E-state index in [1.165, 1.54) is 5.69 Å². The summed E-state index contributed by atoms with van der Waals surface area (Å²) in [6.45, 7) is 1.78. The SMILES string of the molecule is OC1(Cc2cncc(Br)c2)CCN(c2ccccc2)CC1. The summed E-state index contributed by atoms with van der Waals surface area (Å²) >= 11 is 3.43. The van der Waals surface area contributed by atoms with Crippen LogP contribution in [-0.4, -0.2) is 28.8 Å². The Balaban J connectivity index is 1.64. The number of pyridine rings is 1. The van der Waals surface area contributed by atoms with Gasteiger partial charge in [0.15, 0.2) is 0 Å². The third-order valence-electron chi connectivity index (χ3n) is 4.11. The van der Waals surface area contributed by atoms with E-state index in [9.17, 15) is 5.11 Å². The van der Waals surface area contributed by atoms with Crippen LogP contribution in [0.2, 0.25) is 0 Å². The molecule has 1 fully saturated rings. The number of piperidine rings is 1. The molecule has 1 aliphatic rings. The molecular formula is C17H19BrN2O. The van der Waals surface area contributed by atoms with Gasteiger partial charge in [-0.1, -0.05) is 18.2 Å². The minimum Gasteiger partial charge on any atom is -0.389 e. The number of aliphatic hydroxyl groups is 1. The fraction of sp³-hybridized carbons (Fsp3) is 0.353. The van der Waals surface area contributed by atoms with Gasteiger partial charge < -0.3 is 10.0 Å². The van der Waals surface area contributed by atoms with Crippen molar-refractivity contribution in [3.8, 4) is 0 Å². The summed E-state index contributed by atoms with van der Waals surface area (Å²) < 4.78 is 0.963. The Labute approximate surface area is 133 Å². The molecule has 0 radical (unpaired) electrons. The predicted molar refractivity (Wildman–Crippen MR) is 88.5 cm³/mol. The highest BCUT2D eigenvalue weighted by Crippen LogP contribution is 2.29. The molecule has 0 atom stereocenters. The standard InChI is InChI=1S/C17H19BrN2O/c18-15-10-14(12-19-13-15)11-17(21)6-8-20(9-7-17)16-4-2-1-3-5-16/h1-5,10,12-13,21H,6-9,11H2. The Morgan fingerprint density at radius 3 is 2.52 bits per heavy atom. The summed E-state index contributed by atoms with van der Waals surface area (Å²) in [5, 5.41) is 10.8. The van der Waals surface area contributed by atoms with E-state index in [1.54, 1.807) is 6.20 Å². The molecule has 2 aromatic rings. The molecule has 1 N–H and O–H groups in total. The van der Waals surface area contributed by atoms with Gasteiger partial charge in [-0.15, -0.1) is 0 Å². The first-order chi connectivity index (χ1) is 10.1. The molecule has 4 heteroatoms. The van der Waals surface area contributed by atoms with Crippen LogP contribution in [0, 0.1) is 0 Å². The van der Waals surface area contributed by atoms with Crippen molar-refractivity contribution in [1.29, 1.82) is 0 Å². The average Bonchev–Trinajstić information content (AvgIpc) is 2.48. The van der Waals surface area contributed by atoms with E-state index in [0.29, 0.717) is 6.42 Å². The topological polar surface area (TPSA) is 36.4 Å². The minimum absolute atomic E-state index is 0.617. The lowest BCUT2D eigenvalue weighted by Gasteiger charge is -2.39. The van der Waals surface area contributed by atoms with Crippen LogP contribution < -0.4 is 4.90 Å². The van der Waals surface area contributed by atoms with Crippen LogP contribution in [0.5, 0.6) is 0 Å². The molecule has 1 aromatic heterocycles. The van der Waals surface area contributed by atoms with Crippen molar-refractivity contribution in [3.05, 3.63) is 58.8 Å². The largest absolute Gasteiger partial charge is 0.389 e. The van der Waals surface area contributed by atoms with E-state index in [-0.39, 0.29) is 0 Å². The van der Waals surface area contributed by atoms with Crippen molar-refractivity contribution in [3.63, 3.8) is 0 Å². The number of hydrogen-bond donors (Lipinski definition) is 1. The second kappa shape index (κ2) is 6.16. The number of aromatic nitrogens is 1. The zero-order chi connectivity index (χ0) is 14.7. The van der Waals surface area contributed by atoms with Crippen LogP contribution in [0.3, 0.4) is 0 Å². The van der Waals surface area contributed by atoms with Gasteiger partial charge in [0.05, 0.1) is 5.60 Å². The highest BCUT2D eigenvalue weighted by molar-refractivity contribution is 9.10. The lowest BCUT2D eigenvalue weighted by Crippen LogP contribution is -2.45. The molecule has 1 aliphatic heterocycles. The van der Waals surface area contributed by atoms with Crippen molar-refractivity contribution in [1.82, 2.24) is 4.98 Å². The second-order valence-corrected chi connectivity index (χ2v) is 6.65. The fourth-order valence-corrected chi connectivity index (χ4v) is 3.34. The number of halogens is 1. The van der Waals surface area contributed by atoms with Gasteiger partial charge in [-0.2, -0.15) is 0 Å². The maximum atomic E-state index is 10.8. The summed E-state index contributed by atoms with van der Waals surface area (Å²) in [7, 11) is 0. The molecule has 1 saturated heterocycles. The van der Waals surface area contributed by atoms with Crippen LogP contribution in [-0.2, 0) is 6.42 Å². The molecule has 3 nitrogen and oxygen atoms in total. The van der Waals surface area contributed by atoms with Crippen LogP contribution in [0.1, 0.15) is 18.4 Å². The third kappa shape index (κ3) is 3.63. The van der Waals surface area contributed by atoms with Gasteiger partial charge in [-0.3, -0.25) is 4.98 Å². The van der Waals surface area contributed by atoms with Crippen molar-refractivity contribution in [2.24, 2.45) is 0 Å². The van der Waals surface area contributed by atoms with E-state index in [1.807, 2.05) is 18.3 Å². The zero-order valence-electron chi connectivity index (χ0n) is 11.9.